The van der Waals surface area contributed by atoms with Gasteiger partial charge in [-0.05, 0) is 18.2 Å². The molecule has 0 unspecified atom stereocenters. The summed E-state index contributed by atoms with van der Waals surface area (Å²) in [4.78, 5) is 19.5. The number of fused-ring (bicyclic) bond motifs is 1. The number of para-hydroxylation sites is 1. The maximum Gasteiger partial charge on any atom is 0.272 e. The highest BCUT2D eigenvalue weighted by molar-refractivity contribution is 5.93. The van der Waals surface area contributed by atoms with E-state index >= 15 is 0 Å². The van der Waals surface area contributed by atoms with E-state index in [0.29, 0.717) is 18.8 Å². The number of rotatable bonds is 4. The van der Waals surface area contributed by atoms with Crippen LogP contribution in [0, 0.1) is 0 Å². The molecule has 0 spiro atoms. The van der Waals surface area contributed by atoms with Gasteiger partial charge in [-0.2, -0.15) is 5.10 Å². The summed E-state index contributed by atoms with van der Waals surface area (Å²) >= 11 is 0. The number of aromatic nitrogens is 3. The highest BCUT2D eigenvalue weighted by Crippen LogP contribution is 2.27. The average Bonchev–Trinajstić information content (AvgIpc) is 3.21. The summed E-state index contributed by atoms with van der Waals surface area (Å²) in [5, 5.41) is 5.60. The van der Waals surface area contributed by atoms with E-state index in [-0.39, 0.29) is 12.0 Å². The Bertz CT molecular complexity index is 1210. The van der Waals surface area contributed by atoms with Gasteiger partial charge < -0.3 is 9.64 Å². The SMILES string of the molecule is Cn1nc(-c2ccccc2)cc1C(=O)N1CCC(Oc2cccc3cccnc23)CC1. The highest BCUT2D eigenvalue weighted by atomic mass is 16.5. The van der Waals surface area contributed by atoms with Gasteiger partial charge in [-0.25, -0.2) is 0 Å². The van der Waals surface area contributed by atoms with Crippen LogP contribution in [0.1, 0.15) is 23.3 Å². The van der Waals surface area contributed by atoms with Crippen molar-refractivity contribution in [2.75, 3.05) is 13.1 Å². The molecule has 0 saturated carbocycles. The molecule has 31 heavy (non-hydrogen) atoms. The van der Waals surface area contributed by atoms with Crippen LogP contribution in [-0.4, -0.2) is 44.8 Å². The molecule has 0 atom stereocenters. The van der Waals surface area contributed by atoms with Crippen molar-refractivity contribution < 1.29 is 9.53 Å². The number of likely N-dealkylation sites (tertiary alicyclic amines) is 1. The van der Waals surface area contributed by atoms with Crippen molar-refractivity contribution in [1.82, 2.24) is 19.7 Å². The molecule has 0 N–H and O–H groups in total. The summed E-state index contributed by atoms with van der Waals surface area (Å²) < 4.78 is 7.95. The molecule has 4 aromatic rings. The van der Waals surface area contributed by atoms with Crippen molar-refractivity contribution in [2.45, 2.75) is 18.9 Å². The van der Waals surface area contributed by atoms with Gasteiger partial charge in [0.25, 0.3) is 5.91 Å². The minimum atomic E-state index is 0.0162. The number of piperidine rings is 1. The van der Waals surface area contributed by atoms with E-state index in [4.69, 9.17) is 4.74 Å². The quantitative estimate of drug-likeness (QED) is 0.501. The van der Waals surface area contributed by atoms with Crippen molar-refractivity contribution in [3.05, 3.63) is 78.6 Å². The van der Waals surface area contributed by atoms with Gasteiger partial charge in [-0.15, -0.1) is 0 Å². The molecule has 0 aliphatic carbocycles. The molecular weight excluding hydrogens is 388 g/mol. The first kappa shape index (κ1) is 19.3. The highest BCUT2D eigenvalue weighted by Gasteiger charge is 2.27. The Morgan fingerprint density at radius 1 is 1.00 bits per heavy atom. The van der Waals surface area contributed by atoms with E-state index in [1.165, 1.54) is 0 Å². The molecule has 2 aromatic carbocycles. The molecule has 6 heteroatoms. The summed E-state index contributed by atoms with van der Waals surface area (Å²) in [7, 11) is 1.82. The number of ether oxygens (including phenoxy) is 1. The topological polar surface area (TPSA) is 60.2 Å². The van der Waals surface area contributed by atoms with Crippen LogP contribution in [0.5, 0.6) is 5.75 Å². The van der Waals surface area contributed by atoms with Gasteiger partial charge in [-0.3, -0.25) is 14.5 Å². The molecule has 0 bridgehead atoms. The molecular formula is C25H24N4O2. The lowest BCUT2D eigenvalue weighted by atomic mass is 10.1. The molecule has 1 aliphatic rings. The lowest BCUT2D eigenvalue weighted by Crippen LogP contribution is -2.42. The Kier molecular flexibility index (Phi) is 5.12. The maximum atomic E-state index is 13.1. The molecule has 3 heterocycles. The minimum absolute atomic E-state index is 0.0162. The van der Waals surface area contributed by atoms with Gasteiger partial charge in [0.1, 0.15) is 23.1 Å². The number of carbonyl (C=O) groups excluding carboxylic acids is 1. The third kappa shape index (κ3) is 3.89. The van der Waals surface area contributed by atoms with Crippen molar-refractivity contribution >= 4 is 16.8 Å². The molecule has 1 aliphatic heterocycles. The first-order chi connectivity index (χ1) is 15.2. The zero-order chi connectivity index (χ0) is 21.2. The summed E-state index contributed by atoms with van der Waals surface area (Å²) in [6.07, 6.45) is 3.44. The number of carbonyl (C=O) groups is 1. The standard InChI is InChI=1S/C25H24N4O2/c1-28-22(17-21(27-28)18-7-3-2-4-8-18)25(30)29-15-12-20(13-16-29)31-23-11-5-9-19-10-6-14-26-24(19)23/h2-11,14,17,20H,12-13,15-16H2,1H3. The molecule has 0 radical (unpaired) electrons. The predicted octanol–water partition coefficient (Wildman–Crippen LogP) is 4.32. The third-order valence-corrected chi connectivity index (χ3v) is 5.79. The van der Waals surface area contributed by atoms with Crippen molar-refractivity contribution in [1.29, 1.82) is 0 Å². The average molecular weight is 412 g/mol. The second kappa shape index (κ2) is 8.22. The lowest BCUT2D eigenvalue weighted by Gasteiger charge is -2.32. The number of hydrogen-bond donors (Lipinski definition) is 0. The van der Waals surface area contributed by atoms with Crippen LogP contribution in [0.4, 0.5) is 0 Å². The molecule has 5 rings (SSSR count). The largest absolute Gasteiger partial charge is 0.488 e. The Morgan fingerprint density at radius 2 is 1.77 bits per heavy atom. The van der Waals surface area contributed by atoms with E-state index in [9.17, 15) is 4.79 Å². The van der Waals surface area contributed by atoms with E-state index in [0.717, 1.165) is 40.8 Å². The smallest absolute Gasteiger partial charge is 0.272 e. The van der Waals surface area contributed by atoms with Crippen LogP contribution in [-0.2, 0) is 7.05 Å². The van der Waals surface area contributed by atoms with Crippen molar-refractivity contribution in [3.8, 4) is 17.0 Å². The van der Waals surface area contributed by atoms with Crippen LogP contribution >= 0.6 is 0 Å². The maximum absolute atomic E-state index is 13.1. The van der Waals surface area contributed by atoms with Gasteiger partial charge in [0, 0.05) is 50.1 Å². The van der Waals surface area contributed by atoms with E-state index in [1.54, 1.807) is 10.9 Å². The van der Waals surface area contributed by atoms with Crippen LogP contribution in [0.2, 0.25) is 0 Å². The molecule has 1 amide bonds. The summed E-state index contributed by atoms with van der Waals surface area (Å²) in [5.74, 6) is 0.824. The Balaban J connectivity index is 1.25. The summed E-state index contributed by atoms with van der Waals surface area (Å²) in [6.45, 7) is 1.32. The zero-order valence-electron chi connectivity index (χ0n) is 17.4. The zero-order valence-corrected chi connectivity index (χ0v) is 17.4. The van der Waals surface area contributed by atoms with Gasteiger partial charge in [0.2, 0.25) is 0 Å². The van der Waals surface area contributed by atoms with Crippen LogP contribution in [0.3, 0.4) is 0 Å². The van der Waals surface area contributed by atoms with Crippen LogP contribution in [0.25, 0.3) is 22.2 Å². The van der Waals surface area contributed by atoms with Gasteiger partial charge in [0.05, 0.1) is 5.69 Å². The van der Waals surface area contributed by atoms with Crippen molar-refractivity contribution in [2.24, 2.45) is 7.05 Å². The van der Waals surface area contributed by atoms with E-state index < -0.39 is 0 Å². The van der Waals surface area contributed by atoms with Crippen LogP contribution in [0.15, 0.2) is 72.9 Å². The fourth-order valence-corrected chi connectivity index (χ4v) is 4.11. The minimum Gasteiger partial charge on any atom is -0.488 e. The summed E-state index contributed by atoms with van der Waals surface area (Å²) in [6, 6.07) is 21.8. The van der Waals surface area contributed by atoms with E-state index in [2.05, 4.69) is 10.1 Å². The van der Waals surface area contributed by atoms with Crippen molar-refractivity contribution in [3.63, 3.8) is 0 Å². The van der Waals surface area contributed by atoms with E-state index in [1.807, 2.05) is 78.7 Å². The number of nitrogens with zero attached hydrogens (tertiary/aromatic N) is 4. The molecule has 6 nitrogen and oxygen atoms in total. The Labute approximate surface area is 181 Å². The number of pyridine rings is 1. The second-order valence-electron chi connectivity index (χ2n) is 7.85. The normalized spacial score (nSPS) is 14.7. The Morgan fingerprint density at radius 3 is 2.58 bits per heavy atom. The lowest BCUT2D eigenvalue weighted by molar-refractivity contribution is 0.0587. The fraction of sp³-hybridized carbons (Fsp3) is 0.240. The first-order valence-electron chi connectivity index (χ1n) is 10.6. The third-order valence-electron chi connectivity index (χ3n) is 5.79. The molecule has 1 fully saturated rings. The van der Waals surface area contributed by atoms with Gasteiger partial charge in [-0.1, -0.05) is 48.5 Å². The predicted molar refractivity (Wildman–Crippen MR) is 120 cm³/mol. The molecule has 1 saturated heterocycles. The van der Waals surface area contributed by atoms with Crippen LogP contribution < -0.4 is 4.74 Å². The van der Waals surface area contributed by atoms with Gasteiger partial charge in [0.15, 0.2) is 0 Å². The monoisotopic (exact) mass is 412 g/mol. The first-order valence-corrected chi connectivity index (χ1v) is 10.6. The molecule has 156 valence electrons. The second-order valence-corrected chi connectivity index (χ2v) is 7.85. The number of benzene rings is 2. The molecule has 2 aromatic heterocycles. The Hall–Kier alpha value is -3.67. The number of aryl methyl sites for hydroxylation is 1. The number of hydrogen-bond acceptors (Lipinski definition) is 4. The van der Waals surface area contributed by atoms with Gasteiger partial charge >= 0.3 is 0 Å². The summed E-state index contributed by atoms with van der Waals surface area (Å²) in [5.41, 5.74) is 3.31. The number of amides is 1. The fourth-order valence-electron chi connectivity index (χ4n) is 4.11.